The van der Waals surface area contributed by atoms with Gasteiger partial charge in [-0.25, -0.2) is 9.37 Å². The average Bonchev–Trinajstić information content (AvgIpc) is 3.50. The minimum Gasteiger partial charge on any atom is -0.496 e. The molecule has 0 radical (unpaired) electrons. The third-order valence-corrected chi connectivity index (χ3v) is 7.56. The van der Waals surface area contributed by atoms with Gasteiger partial charge in [0.1, 0.15) is 17.1 Å². The molecule has 0 aliphatic heterocycles. The fourth-order valence-electron chi connectivity index (χ4n) is 4.74. The molecule has 232 valence electrons. The maximum atomic E-state index is 13.7. The summed E-state index contributed by atoms with van der Waals surface area (Å²) in [5, 5.41) is 8.30. The number of fused-ring (bicyclic) bond motifs is 2. The number of rotatable bonds is 10. The number of hydrogen-bond acceptors (Lipinski definition) is 8. The molecular formula is C34H26BrFN4O6. The van der Waals surface area contributed by atoms with Crippen molar-refractivity contribution >= 4 is 55.6 Å². The Kier molecular flexibility index (Phi) is 8.79. The fraction of sp³-hybridized carbons (Fsp3) is 0.118. The Labute approximate surface area is 270 Å². The molecule has 10 nitrogen and oxygen atoms in total. The second-order valence-electron chi connectivity index (χ2n) is 9.89. The van der Waals surface area contributed by atoms with Crippen molar-refractivity contribution < 1.29 is 27.8 Å². The van der Waals surface area contributed by atoms with Crippen LogP contribution in [0.3, 0.4) is 0 Å². The number of anilines is 1. The summed E-state index contributed by atoms with van der Waals surface area (Å²) in [7, 11) is 1.57. The van der Waals surface area contributed by atoms with Crippen LogP contribution in [0.2, 0.25) is 0 Å². The zero-order valence-electron chi connectivity index (χ0n) is 24.6. The largest absolute Gasteiger partial charge is 0.496 e. The van der Waals surface area contributed by atoms with Gasteiger partial charge in [-0.15, -0.1) is 0 Å². The van der Waals surface area contributed by atoms with Crippen LogP contribution in [0.5, 0.6) is 17.2 Å². The monoisotopic (exact) mass is 684 g/mol. The molecule has 0 spiro atoms. The molecule has 0 bridgehead atoms. The molecule has 2 heterocycles. The van der Waals surface area contributed by atoms with Crippen LogP contribution >= 0.6 is 15.9 Å². The summed E-state index contributed by atoms with van der Waals surface area (Å²) >= 11 is 3.54. The zero-order chi connectivity index (χ0) is 32.2. The summed E-state index contributed by atoms with van der Waals surface area (Å²) in [4.78, 5) is 30.9. The number of nitrogens with zero attached hydrogens (tertiary/aromatic N) is 3. The lowest BCUT2D eigenvalue weighted by Crippen LogP contribution is -2.20. The van der Waals surface area contributed by atoms with Crippen LogP contribution in [0.1, 0.15) is 12.5 Å². The van der Waals surface area contributed by atoms with Crippen molar-refractivity contribution in [3.8, 4) is 28.8 Å². The topological polar surface area (TPSA) is 117 Å². The fourth-order valence-corrected chi connectivity index (χ4v) is 5.16. The molecule has 0 aliphatic rings. The van der Waals surface area contributed by atoms with E-state index >= 15 is 0 Å². The molecule has 0 atom stereocenters. The van der Waals surface area contributed by atoms with Crippen LogP contribution < -0.4 is 25.1 Å². The summed E-state index contributed by atoms with van der Waals surface area (Å²) < 4.78 is 38.1. The molecular weight excluding hydrogens is 659 g/mol. The summed E-state index contributed by atoms with van der Waals surface area (Å²) in [6.45, 7) is 1.82. The molecule has 1 amide bonds. The quantitative estimate of drug-likeness (QED) is 0.154. The van der Waals surface area contributed by atoms with E-state index in [2.05, 4.69) is 26.3 Å². The third-order valence-electron chi connectivity index (χ3n) is 6.88. The molecule has 6 aromatic rings. The first-order chi connectivity index (χ1) is 22.3. The van der Waals surface area contributed by atoms with Gasteiger partial charge in [0.25, 0.3) is 11.5 Å². The number of furan rings is 1. The maximum absolute atomic E-state index is 13.7. The Morgan fingerprint density at radius 3 is 2.57 bits per heavy atom. The standard InChI is InChI=1S/C34H26BrFN4O6/c1-3-44-29-15-20(25(35)17-30(29)45-19-32(41)38-22-13-11-21(36)12-14-22)18-37-40-33(39-26-8-5-4-7-23(26)34(40)42)31-16-24-27(43-2)9-6-10-28(24)46-31/h4-18H,3,19H2,1-2H3,(H,38,41). The van der Waals surface area contributed by atoms with Crippen molar-refractivity contribution in [2.45, 2.75) is 6.92 Å². The Morgan fingerprint density at radius 2 is 1.78 bits per heavy atom. The zero-order valence-corrected chi connectivity index (χ0v) is 26.2. The van der Waals surface area contributed by atoms with Gasteiger partial charge in [0.05, 0.1) is 36.2 Å². The van der Waals surface area contributed by atoms with E-state index in [1.807, 2.05) is 19.1 Å². The number of para-hydroxylation sites is 1. The Hall–Kier alpha value is -5.49. The van der Waals surface area contributed by atoms with E-state index in [9.17, 15) is 14.0 Å². The molecule has 0 fully saturated rings. The molecule has 0 saturated heterocycles. The number of aromatic nitrogens is 2. The molecule has 0 unspecified atom stereocenters. The summed E-state index contributed by atoms with van der Waals surface area (Å²) in [6, 6.07) is 22.9. The van der Waals surface area contributed by atoms with Gasteiger partial charge >= 0.3 is 0 Å². The van der Waals surface area contributed by atoms with Gasteiger partial charge in [0, 0.05) is 15.7 Å². The number of amides is 1. The first kappa shape index (κ1) is 30.5. The molecule has 0 saturated carbocycles. The predicted molar refractivity (Wildman–Crippen MR) is 177 cm³/mol. The number of ether oxygens (including phenoxy) is 3. The van der Waals surface area contributed by atoms with Crippen molar-refractivity contribution in [3.63, 3.8) is 0 Å². The van der Waals surface area contributed by atoms with Crippen molar-refractivity contribution in [2.75, 3.05) is 25.6 Å². The molecule has 2 aromatic heterocycles. The van der Waals surface area contributed by atoms with Crippen molar-refractivity contribution in [3.05, 3.63) is 111 Å². The SMILES string of the molecule is CCOc1cc(C=Nn2c(-c3cc4c(OC)cccc4o3)nc3ccccc3c2=O)c(Br)cc1OCC(=O)Nc1ccc(F)cc1. The summed E-state index contributed by atoms with van der Waals surface area (Å²) in [5.41, 5.74) is 1.67. The van der Waals surface area contributed by atoms with E-state index in [0.717, 1.165) is 5.39 Å². The lowest BCUT2D eigenvalue weighted by atomic mass is 10.2. The number of carbonyl (C=O) groups is 1. The van der Waals surface area contributed by atoms with Gasteiger partial charge in [-0.2, -0.15) is 9.78 Å². The number of hydrogen-bond donors (Lipinski definition) is 1. The predicted octanol–water partition coefficient (Wildman–Crippen LogP) is 7.02. The normalized spacial score (nSPS) is 11.3. The number of methoxy groups -OCH3 is 1. The molecule has 6 rings (SSSR count). The minimum absolute atomic E-state index is 0.200. The number of benzene rings is 4. The van der Waals surface area contributed by atoms with E-state index in [-0.39, 0.29) is 12.4 Å². The van der Waals surface area contributed by atoms with Gasteiger partial charge in [-0.1, -0.05) is 18.2 Å². The van der Waals surface area contributed by atoms with Gasteiger partial charge in [0.15, 0.2) is 23.9 Å². The first-order valence-electron chi connectivity index (χ1n) is 14.1. The van der Waals surface area contributed by atoms with E-state index in [4.69, 9.17) is 23.6 Å². The van der Waals surface area contributed by atoms with Gasteiger partial charge in [-0.05, 0) is 89.6 Å². The molecule has 12 heteroatoms. The highest BCUT2D eigenvalue weighted by Crippen LogP contribution is 2.35. The lowest BCUT2D eigenvalue weighted by molar-refractivity contribution is -0.118. The molecule has 0 aliphatic carbocycles. The van der Waals surface area contributed by atoms with Crippen LogP contribution in [0, 0.1) is 5.82 Å². The highest BCUT2D eigenvalue weighted by atomic mass is 79.9. The van der Waals surface area contributed by atoms with Crippen LogP contribution in [-0.2, 0) is 4.79 Å². The van der Waals surface area contributed by atoms with Gasteiger partial charge < -0.3 is 23.9 Å². The summed E-state index contributed by atoms with van der Waals surface area (Å²) in [5.74, 6) is 0.972. The van der Waals surface area contributed by atoms with Gasteiger partial charge in [0.2, 0.25) is 5.82 Å². The smallest absolute Gasteiger partial charge is 0.282 e. The second kappa shape index (κ2) is 13.2. The van der Waals surface area contributed by atoms with E-state index in [0.29, 0.717) is 61.8 Å². The molecule has 1 N–H and O–H groups in total. The highest BCUT2D eigenvalue weighted by molar-refractivity contribution is 9.10. The third kappa shape index (κ3) is 6.33. The van der Waals surface area contributed by atoms with Crippen molar-refractivity contribution in [1.29, 1.82) is 0 Å². The lowest BCUT2D eigenvalue weighted by Gasteiger charge is -2.14. The maximum Gasteiger partial charge on any atom is 0.282 e. The number of carbonyl (C=O) groups excluding carboxylic acids is 1. The Morgan fingerprint density at radius 1 is 1.00 bits per heavy atom. The van der Waals surface area contributed by atoms with Crippen molar-refractivity contribution in [1.82, 2.24) is 9.66 Å². The Balaban J connectivity index is 1.34. The summed E-state index contributed by atoms with van der Waals surface area (Å²) in [6.07, 6.45) is 1.49. The van der Waals surface area contributed by atoms with E-state index in [1.165, 1.54) is 35.2 Å². The second-order valence-corrected chi connectivity index (χ2v) is 10.7. The number of nitrogens with one attached hydrogen (secondary N) is 1. The van der Waals surface area contributed by atoms with Gasteiger partial charge in [-0.3, -0.25) is 9.59 Å². The Bertz CT molecular complexity index is 2160. The average molecular weight is 686 g/mol. The van der Waals surface area contributed by atoms with E-state index in [1.54, 1.807) is 55.6 Å². The van der Waals surface area contributed by atoms with Crippen LogP contribution in [-0.4, -0.2) is 42.1 Å². The minimum atomic E-state index is -0.435. The van der Waals surface area contributed by atoms with E-state index < -0.39 is 17.3 Å². The van der Waals surface area contributed by atoms with Crippen LogP contribution in [0.25, 0.3) is 33.5 Å². The first-order valence-corrected chi connectivity index (χ1v) is 14.9. The molecule has 46 heavy (non-hydrogen) atoms. The van der Waals surface area contributed by atoms with Crippen LogP contribution in [0.4, 0.5) is 10.1 Å². The molecule has 4 aromatic carbocycles. The van der Waals surface area contributed by atoms with Crippen LogP contribution in [0.15, 0.2) is 104 Å². The number of halogens is 2. The highest BCUT2D eigenvalue weighted by Gasteiger charge is 2.18. The van der Waals surface area contributed by atoms with Crippen molar-refractivity contribution in [2.24, 2.45) is 5.10 Å².